The minimum absolute atomic E-state index is 0.0136. The van der Waals surface area contributed by atoms with E-state index in [9.17, 15) is 4.79 Å². The number of amides is 1. The van der Waals surface area contributed by atoms with Gasteiger partial charge < -0.3 is 9.88 Å². The molecule has 2 aromatic heterocycles. The molecule has 0 saturated carbocycles. The van der Waals surface area contributed by atoms with Gasteiger partial charge in [0.15, 0.2) is 0 Å². The van der Waals surface area contributed by atoms with Crippen LogP contribution in [-0.2, 0) is 13.5 Å². The smallest absolute Gasteiger partial charge is 0.268 e. The Morgan fingerprint density at radius 3 is 3.09 bits per heavy atom. The summed E-state index contributed by atoms with van der Waals surface area (Å²) in [6.45, 7) is 0. The van der Waals surface area contributed by atoms with E-state index < -0.39 is 0 Å². The topological polar surface area (TPSA) is 46.9 Å². The molecule has 2 heterocycles. The number of nitrogens with one attached hydrogen (secondary N) is 1. The first-order chi connectivity index (χ1) is 11.1. The van der Waals surface area contributed by atoms with Crippen molar-refractivity contribution >= 4 is 28.4 Å². The van der Waals surface area contributed by atoms with Crippen LogP contribution in [0.15, 0.2) is 42.6 Å². The lowest BCUT2D eigenvalue weighted by Crippen LogP contribution is -2.29. The maximum atomic E-state index is 12.7. The molecular weight excluding hydrogens is 310 g/mol. The Balaban J connectivity index is 1.64. The predicted octanol–water partition coefficient (Wildman–Crippen LogP) is 3.64. The minimum atomic E-state index is -0.0803. The summed E-state index contributed by atoms with van der Waals surface area (Å²) in [6.07, 6.45) is 3.63. The van der Waals surface area contributed by atoms with Crippen molar-refractivity contribution in [1.82, 2.24) is 14.9 Å². The molecular formula is C18H16ClN3O. The fourth-order valence-corrected chi connectivity index (χ4v) is 3.47. The van der Waals surface area contributed by atoms with Crippen molar-refractivity contribution in [1.29, 1.82) is 0 Å². The lowest BCUT2D eigenvalue weighted by Gasteiger charge is -2.13. The number of carbonyl (C=O) groups excluding carboxylic acids is 1. The van der Waals surface area contributed by atoms with E-state index in [1.807, 2.05) is 41.9 Å². The fourth-order valence-electron chi connectivity index (χ4n) is 3.31. The highest BCUT2D eigenvalue weighted by Crippen LogP contribution is 2.29. The highest BCUT2D eigenvalue weighted by atomic mass is 35.5. The van der Waals surface area contributed by atoms with Crippen LogP contribution in [0.5, 0.6) is 0 Å². The van der Waals surface area contributed by atoms with Crippen LogP contribution in [-0.4, -0.2) is 15.5 Å². The zero-order chi connectivity index (χ0) is 16.0. The van der Waals surface area contributed by atoms with E-state index in [2.05, 4.69) is 16.4 Å². The largest absolute Gasteiger partial charge is 0.342 e. The first-order valence-corrected chi connectivity index (χ1v) is 8.01. The molecule has 1 aliphatic rings. The summed E-state index contributed by atoms with van der Waals surface area (Å²) in [5.41, 5.74) is 3.79. The summed E-state index contributed by atoms with van der Waals surface area (Å²) in [7, 11) is 1.88. The van der Waals surface area contributed by atoms with Crippen LogP contribution < -0.4 is 5.32 Å². The summed E-state index contributed by atoms with van der Waals surface area (Å²) in [5.74, 6) is -0.0803. The van der Waals surface area contributed by atoms with Crippen LogP contribution in [0.3, 0.4) is 0 Å². The Bertz CT molecular complexity index is 916. The first-order valence-electron chi connectivity index (χ1n) is 7.63. The average Bonchev–Trinajstić information content (AvgIpc) is 3.10. The molecule has 5 heteroatoms. The molecule has 1 amide bonds. The molecule has 0 radical (unpaired) electrons. The van der Waals surface area contributed by atoms with Crippen LogP contribution in [0.4, 0.5) is 0 Å². The molecule has 0 spiro atoms. The molecule has 0 fully saturated rings. The van der Waals surface area contributed by atoms with Gasteiger partial charge in [0.2, 0.25) is 0 Å². The average molecular weight is 326 g/mol. The second-order valence-corrected chi connectivity index (χ2v) is 6.34. The van der Waals surface area contributed by atoms with Gasteiger partial charge in [-0.25, -0.2) is 0 Å². The number of carbonyl (C=O) groups is 1. The Hall–Kier alpha value is -2.33. The molecule has 3 aromatic rings. The highest BCUT2D eigenvalue weighted by Gasteiger charge is 2.26. The predicted molar refractivity (Wildman–Crippen MR) is 90.7 cm³/mol. The van der Waals surface area contributed by atoms with Crippen LogP contribution in [0.1, 0.15) is 34.2 Å². The molecule has 1 unspecified atom stereocenters. The summed E-state index contributed by atoms with van der Waals surface area (Å²) in [5, 5.41) is 4.79. The van der Waals surface area contributed by atoms with Gasteiger partial charge in [-0.2, -0.15) is 0 Å². The third kappa shape index (κ3) is 2.39. The molecule has 0 bridgehead atoms. The number of rotatable bonds is 2. The highest BCUT2D eigenvalue weighted by molar-refractivity contribution is 6.31. The minimum Gasteiger partial charge on any atom is -0.342 e. The molecule has 1 aliphatic carbocycles. The molecule has 23 heavy (non-hydrogen) atoms. The van der Waals surface area contributed by atoms with Crippen LogP contribution in [0.2, 0.25) is 5.02 Å². The lowest BCUT2D eigenvalue weighted by atomic mass is 10.2. The Morgan fingerprint density at radius 2 is 2.22 bits per heavy atom. The Kier molecular flexibility index (Phi) is 3.34. The molecule has 4 nitrogen and oxygen atoms in total. The van der Waals surface area contributed by atoms with E-state index >= 15 is 0 Å². The molecule has 1 atom stereocenters. The van der Waals surface area contributed by atoms with Gasteiger partial charge in [0.25, 0.3) is 5.91 Å². The van der Waals surface area contributed by atoms with Crippen molar-refractivity contribution < 1.29 is 4.79 Å². The number of hydrogen-bond donors (Lipinski definition) is 1. The summed E-state index contributed by atoms with van der Waals surface area (Å²) in [4.78, 5) is 17.1. The number of aryl methyl sites for hydroxylation is 2. The van der Waals surface area contributed by atoms with E-state index in [1.54, 1.807) is 6.20 Å². The summed E-state index contributed by atoms with van der Waals surface area (Å²) in [6, 6.07) is 11.5. The van der Waals surface area contributed by atoms with Crippen LogP contribution in [0.25, 0.3) is 10.9 Å². The quantitative estimate of drug-likeness (QED) is 0.782. The molecule has 1 aromatic carbocycles. The van der Waals surface area contributed by atoms with Gasteiger partial charge in [0.1, 0.15) is 5.69 Å². The number of fused-ring (bicyclic) bond motifs is 2. The van der Waals surface area contributed by atoms with Crippen molar-refractivity contribution in [2.24, 2.45) is 7.05 Å². The molecule has 116 valence electrons. The van der Waals surface area contributed by atoms with Gasteiger partial charge in [-0.1, -0.05) is 23.7 Å². The molecule has 0 aliphatic heterocycles. The van der Waals surface area contributed by atoms with E-state index in [-0.39, 0.29) is 11.9 Å². The normalized spacial score (nSPS) is 16.5. The van der Waals surface area contributed by atoms with Gasteiger partial charge >= 0.3 is 0 Å². The van der Waals surface area contributed by atoms with Gasteiger partial charge in [0.05, 0.1) is 11.7 Å². The molecule has 4 rings (SSSR count). The van der Waals surface area contributed by atoms with E-state index in [0.29, 0.717) is 10.7 Å². The van der Waals surface area contributed by atoms with Gasteiger partial charge in [0, 0.05) is 29.2 Å². The summed E-state index contributed by atoms with van der Waals surface area (Å²) < 4.78 is 1.88. The van der Waals surface area contributed by atoms with Crippen molar-refractivity contribution in [3.05, 3.63) is 64.6 Å². The number of hydrogen-bond acceptors (Lipinski definition) is 2. The standard InChI is InChI=1S/C18H16ClN3O/c1-22-15-10-13(19)6-4-12(15)9-16(22)18(23)21-14-7-5-11-3-2-8-20-17(11)14/h2-4,6,8-10,14H,5,7H2,1H3,(H,21,23). The number of nitrogens with zero attached hydrogens (tertiary/aromatic N) is 2. The maximum absolute atomic E-state index is 12.7. The second-order valence-electron chi connectivity index (χ2n) is 5.90. The van der Waals surface area contributed by atoms with Crippen LogP contribution >= 0.6 is 11.6 Å². The van der Waals surface area contributed by atoms with Crippen molar-refractivity contribution in [3.63, 3.8) is 0 Å². The van der Waals surface area contributed by atoms with Crippen molar-refractivity contribution in [3.8, 4) is 0 Å². The third-order valence-electron chi connectivity index (χ3n) is 4.50. The second kappa shape index (κ2) is 5.39. The fraction of sp³-hybridized carbons (Fsp3) is 0.222. The molecule has 1 N–H and O–H groups in total. The van der Waals surface area contributed by atoms with Gasteiger partial charge in [-0.05, 0) is 42.7 Å². The van der Waals surface area contributed by atoms with E-state index in [0.717, 1.165) is 29.4 Å². The van der Waals surface area contributed by atoms with Crippen molar-refractivity contribution in [2.75, 3.05) is 0 Å². The van der Waals surface area contributed by atoms with Gasteiger partial charge in [-0.15, -0.1) is 0 Å². The summed E-state index contributed by atoms with van der Waals surface area (Å²) >= 11 is 6.05. The first kappa shape index (κ1) is 14.3. The van der Waals surface area contributed by atoms with Gasteiger partial charge in [-0.3, -0.25) is 9.78 Å². The van der Waals surface area contributed by atoms with E-state index in [1.165, 1.54) is 5.56 Å². The third-order valence-corrected chi connectivity index (χ3v) is 4.74. The zero-order valence-electron chi connectivity index (χ0n) is 12.7. The van der Waals surface area contributed by atoms with E-state index in [4.69, 9.17) is 11.6 Å². The lowest BCUT2D eigenvalue weighted by molar-refractivity contribution is 0.0928. The monoisotopic (exact) mass is 325 g/mol. The number of pyridine rings is 1. The molecule has 0 saturated heterocycles. The SMILES string of the molecule is Cn1c(C(=O)NC2CCc3cccnc32)cc2ccc(Cl)cc21. The number of halogens is 1. The number of benzene rings is 1. The number of aromatic nitrogens is 2. The Labute approximate surface area is 139 Å². The van der Waals surface area contributed by atoms with Crippen LogP contribution in [0, 0.1) is 0 Å². The van der Waals surface area contributed by atoms with Crippen molar-refractivity contribution in [2.45, 2.75) is 18.9 Å². The zero-order valence-corrected chi connectivity index (χ0v) is 13.5. The maximum Gasteiger partial charge on any atom is 0.268 e. The Morgan fingerprint density at radius 1 is 1.35 bits per heavy atom.